The van der Waals surface area contributed by atoms with E-state index in [9.17, 15) is 0 Å². The maximum absolute atomic E-state index is 6.15. The van der Waals surface area contributed by atoms with Crippen LogP contribution in [-0.2, 0) is 16.0 Å². The van der Waals surface area contributed by atoms with E-state index in [1.807, 2.05) is 25.2 Å². The van der Waals surface area contributed by atoms with Gasteiger partial charge in [0.1, 0.15) is 5.75 Å². The van der Waals surface area contributed by atoms with Crippen LogP contribution >= 0.6 is 11.6 Å². The fourth-order valence-corrected chi connectivity index (χ4v) is 1.82. The van der Waals surface area contributed by atoms with Crippen LogP contribution in [0.25, 0.3) is 0 Å². The van der Waals surface area contributed by atoms with Crippen LogP contribution in [0.3, 0.4) is 0 Å². The van der Waals surface area contributed by atoms with Gasteiger partial charge in [0.2, 0.25) is 0 Å². The Morgan fingerprint density at radius 2 is 2.00 bits per heavy atom. The van der Waals surface area contributed by atoms with Crippen LogP contribution in [0, 0.1) is 0 Å². The van der Waals surface area contributed by atoms with E-state index in [1.54, 1.807) is 7.11 Å². The van der Waals surface area contributed by atoms with Gasteiger partial charge in [0.15, 0.2) is 0 Å². The van der Waals surface area contributed by atoms with Gasteiger partial charge in [-0.1, -0.05) is 17.7 Å². The molecule has 0 bridgehead atoms. The molecule has 19 heavy (non-hydrogen) atoms. The third-order valence-corrected chi connectivity index (χ3v) is 2.79. The average Bonchev–Trinajstić information content (AvgIpc) is 2.40. The number of nitrogens with one attached hydrogen (secondary N) is 1. The summed E-state index contributed by atoms with van der Waals surface area (Å²) in [6, 6.07) is 5.83. The molecule has 0 saturated carbocycles. The van der Waals surface area contributed by atoms with Gasteiger partial charge < -0.3 is 19.5 Å². The Balaban J connectivity index is 2.22. The predicted octanol–water partition coefficient (Wildman–Crippen LogP) is 2.49. The number of rotatable bonds is 10. The van der Waals surface area contributed by atoms with E-state index in [0.29, 0.717) is 31.5 Å². The van der Waals surface area contributed by atoms with Gasteiger partial charge in [-0.05, 0) is 24.7 Å². The first-order valence-electron chi connectivity index (χ1n) is 6.40. The Labute approximate surface area is 120 Å². The predicted molar refractivity (Wildman–Crippen MR) is 77.0 cm³/mol. The second-order valence-corrected chi connectivity index (χ2v) is 4.51. The standard InChI is InChI=1S/C14H22ClNO3/c1-16-11-12-4-5-14(13(15)10-12)19-7-3-6-18-9-8-17-2/h4-5,10,16H,3,6-9,11H2,1-2H3. The summed E-state index contributed by atoms with van der Waals surface area (Å²) in [5.74, 6) is 0.721. The lowest BCUT2D eigenvalue weighted by Gasteiger charge is -2.09. The smallest absolute Gasteiger partial charge is 0.137 e. The van der Waals surface area contributed by atoms with E-state index >= 15 is 0 Å². The highest BCUT2D eigenvalue weighted by atomic mass is 35.5. The lowest BCUT2D eigenvalue weighted by molar-refractivity contribution is 0.0644. The highest BCUT2D eigenvalue weighted by molar-refractivity contribution is 6.32. The Morgan fingerprint density at radius 3 is 2.68 bits per heavy atom. The molecule has 0 fully saturated rings. The van der Waals surface area contributed by atoms with Crippen LogP contribution in [0.1, 0.15) is 12.0 Å². The van der Waals surface area contributed by atoms with Gasteiger partial charge in [-0.25, -0.2) is 0 Å². The van der Waals surface area contributed by atoms with E-state index in [0.717, 1.165) is 24.3 Å². The zero-order chi connectivity index (χ0) is 13.9. The molecule has 0 aromatic heterocycles. The zero-order valence-corrected chi connectivity index (χ0v) is 12.3. The Kier molecular flexibility index (Phi) is 8.58. The molecular weight excluding hydrogens is 266 g/mol. The first kappa shape index (κ1) is 16.2. The minimum atomic E-state index is 0.595. The van der Waals surface area contributed by atoms with Crippen LogP contribution in [0.15, 0.2) is 18.2 Å². The average molecular weight is 288 g/mol. The molecule has 5 heteroatoms. The van der Waals surface area contributed by atoms with E-state index in [-0.39, 0.29) is 0 Å². The molecule has 0 aliphatic heterocycles. The molecule has 0 heterocycles. The summed E-state index contributed by atoms with van der Waals surface area (Å²) in [6.07, 6.45) is 0.832. The first-order chi connectivity index (χ1) is 9.27. The lowest BCUT2D eigenvalue weighted by atomic mass is 10.2. The summed E-state index contributed by atoms with van der Waals surface area (Å²) >= 11 is 6.15. The van der Waals surface area contributed by atoms with E-state index < -0.39 is 0 Å². The molecule has 1 N–H and O–H groups in total. The second kappa shape index (κ2) is 10.0. The van der Waals surface area contributed by atoms with Crippen LogP contribution in [0.2, 0.25) is 5.02 Å². The summed E-state index contributed by atoms with van der Waals surface area (Å²) in [6.45, 7) is 3.31. The first-order valence-corrected chi connectivity index (χ1v) is 6.78. The molecule has 0 aliphatic carbocycles. The molecule has 1 aromatic carbocycles. The molecule has 0 atom stereocenters. The van der Waals surface area contributed by atoms with Gasteiger partial charge in [-0.15, -0.1) is 0 Å². The molecule has 1 aromatic rings. The van der Waals surface area contributed by atoms with Gasteiger partial charge >= 0.3 is 0 Å². The fourth-order valence-electron chi connectivity index (χ4n) is 1.56. The van der Waals surface area contributed by atoms with Crippen molar-refractivity contribution in [2.45, 2.75) is 13.0 Å². The Bertz CT molecular complexity index is 361. The maximum Gasteiger partial charge on any atom is 0.137 e. The third-order valence-electron chi connectivity index (χ3n) is 2.50. The summed E-state index contributed by atoms with van der Waals surface area (Å²) in [4.78, 5) is 0. The summed E-state index contributed by atoms with van der Waals surface area (Å²) in [5, 5.41) is 3.73. The Hall–Kier alpha value is -0.810. The van der Waals surface area contributed by atoms with Crippen molar-refractivity contribution in [1.82, 2.24) is 5.32 Å². The SMILES string of the molecule is CNCc1ccc(OCCCOCCOC)c(Cl)c1. The van der Waals surface area contributed by atoms with E-state index in [2.05, 4.69) is 5.32 Å². The van der Waals surface area contributed by atoms with Crippen molar-refractivity contribution in [3.8, 4) is 5.75 Å². The lowest BCUT2D eigenvalue weighted by Crippen LogP contribution is -2.07. The normalized spacial score (nSPS) is 10.7. The molecular formula is C14H22ClNO3. The summed E-state index contributed by atoms with van der Waals surface area (Å²) in [5.41, 5.74) is 1.14. The number of halogens is 1. The second-order valence-electron chi connectivity index (χ2n) is 4.10. The topological polar surface area (TPSA) is 39.7 Å². The van der Waals surface area contributed by atoms with E-state index in [1.165, 1.54) is 0 Å². The van der Waals surface area contributed by atoms with E-state index in [4.69, 9.17) is 25.8 Å². The van der Waals surface area contributed by atoms with Gasteiger partial charge in [-0.3, -0.25) is 0 Å². The number of methoxy groups -OCH3 is 1. The van der Waals surface area contributed by atoms with Crippen molar-refractivity contribution >= 4 is 11.6 Å². The van der Waals surface area contributed by atoms with Gasteiger partial charge in [0.25, 0.3) is 0 Å². The number of benzene rings is 1. The molecule has 0 radical (unpaired) electrons. The number of hydrogen-bond acceptors (Lipinski definition) is 4. The largest absolute Gasteiger partial charge is 0.492 e. The van der Waals surface area contributed by atoms with Crippen molar-refractivity contribution in [3.05, 3.63) is 28.8 Å². The van der Waals surface area contributed by atoms with Gasteiger partial charge in [0, 0.05) is 26.7 Å². The molecule has 0 spiro atoms. The minimum absolute atomic E-state index is 0.595. The molecule has 0 aliphatic rings. The molecule has 0 saturated heterocycles. The van der Waals surface area contributed by atoms with Crippen LogP contribution in [0.5, 0.6) is 5.75 Å². The third kappa shape index (κ3) is 6.78. The van der Waals surface area contributed by atoms with Gasteiger partial charge in [-0.2, -0.15) is 0 Å². The quantitative estimate of drug-likeness (QED) is 0.671. The maximum atomic E-state index is 6.15. The van der Waals surface area contributed by atoms with Gasteiger partial charge in [0.05, 0.1) is 24.8 Å². The Morgan fingerprint density at radius 1 is 1.16 bits per heavy atom. The van der Waals surface area contributed by atoms with Crippen LogP contribution in [0.4, 0.5) is 0 Å². The molecule has 108 valence electrons. The molecule has 0 unspecified atom stereocenters. The summed E-state index contributed by atoms with van der Waals surface area (Å²) in [7, 11) is 3.56. The van der Waals surface area contributed by atoms with Crippen LogP contribution < -0.4 is 10.1 Å². The molecule has 4 nitrogen and oxygen atoms in total. The van der Waals surface area contributed by atoms with Crippen molar-refractivity contribution in [1.29, 1.82) is 0 Å². The molecule has 0 amide bonds. The van der Waals surface area contributed by atoms with Crippen LogP contribution in [-0.4, -0.2) is 40.6 Å². The zero-order valence-electron chi connectivity index (χ0n) is 11.6. The van der Waals surface area contributed by atoms with Crippen molar-refractivity contribution < 1.29 is 14.2 Å². The van der Waals surface area contributed by atoms with Crippen molar-refractivity contribution in [2.24, 2.45) is 0 Å². The van der Waals surface area contributed by atoms with Crippen molar-refractivity contribution in [2.75, 3.05) is 40.6 Å². The highest BCUT2D eigenvalue weighted by Gasteiger charge is 2.02. The number of hydrogen-bond donors (Lipinski definition) is 1. The highest BCUT2D eigenvalue weighted by Crippen LogP contribution is 2.25. The number of ether oxygens (including phenoxy) is 3. The monoisotopic (exact) mass is 287 g/mol. The summed E-state index contributed by atoms with van der Waals surface area (Å²) < 4.78 is 15.8. The van der Waals surface area contributed by atoms with Crippen molar-refractivity contribution in [3.63, 3.8) is 0 Å². The molecule has 1 rings (SSSR count). The minimum Gasteiger partial charge on any atom is -0.492 e. The fraction of sp³-hybridized carbons (Fsp3) is 0.571.